The lowest BCUT2D eigenvalue weighted by Gasteiger charge is -2.13. The van der Waals surface area contributed by atoms with Crippen LogP contribution in [0.15, 0.2) is 121 Å². The van der Waals surface area contributed by atoms with Crippen molar-refractivity contribution >= 4 is 171 Å². The molecule has 0 aliphatic rings. The van der Waals surface area contributed by atoms with Crippen molar-refractivity contribution in [2.75, 3.05) is 53.1 Å². The minimum atomic E-state index is -4.94. The second kappa shape index (κ2) is 30.4. The second-order valence-electron chi connectivity index (χ2n) is 19.8. The van der Waals surface area contributed by atoms with Crippen LogP contribution in [-0.2, 0) is 60.2 Å². The Morgan fingerprint density at radius 2 is 1.09 bits per heavy atom. The highest BCUT2D eigenvalue weighted by molar-refractivity contribution is 7.99. The summed E-state index contributed by atoms with van der Waals surface area (Å²) in [5.74, 6) is -4.51. The van der Waals surface area contributed by atoms with Crippen LogP contribution in [0.4, 0.5) is 56.9 Å². The maximum atomic E-state index is 12.9. The Bertz CT molecular complexity index is 5100. The lowest BCUT2D eigenvalue weighted by atomic mass is 10.1. The Morgan fingerprint density at radius 3 is 1.58 bits per heavy atom. The van der Waals surface area contributed by atoms with Gasteiger partial charge in [0.1, 0.15) is 73.1 Å². The SMILES string of the molecule is COc1cc2nc3c(C#N)c(C)c(N=Nc4cc(C)c(N=Nc5cc(NC(C)=O)c(N=Nc6cc(NC(C)=O)c(N=Nc7cc(S(=O)(=O)O)c(Cl)cc7C#N)cc6SCCCS(=O)(=O)O)cc5SCCCS(=O)(=O)O)cc4OCCCS(=O)(=O)O)c(O)n3c2cc1S(=O)(=O)O. The molecule has 8 N–H and O–H groups in total. The number of fused-ring (bicyclic) bond motifs is 3. The number of benzene rings is 5. The zero-order chi connectivity index (χ0) is 70.1. The molecule has 0 spiro atoms. The number of aromatic nitrogens is 2. The molecule has 0 unspecified atom stereocenters. The molecule has 2 aromatic heterocycles. The van der Waals surface area contributed by atoms with Crippen molar-refractivity contribution in [3.8, 4) is 29.5 Å². The fraction of sp³-hybridized carbons (Fsp3) is 0.264. The van der Waals surface area contributed by atoms with Gasteiger partial charge in [0.15, 0.2) is 11.3 Å². The molecule has 5 aromatic carbocycles. The summed E-state index contributed by atoms with van der Waals surface area (Å²) in [4.78, 5) is 28.7. The minimum Gasteiger partial charge on any atom is -0.495 e. The van der Waals surface area contributed by atoms with E-state index in [0.29, 0.717) is 5.56 Å². The topological polar surface area (TPSA) is 533 Å². The van der Waals surface area contributed by atoms with Gasteiger partial charge in [-0.15, -0.1) is 59.3 Å². The Morgan fingerprint density at radius 1 is 0.600 bits per heavy atom. The molecule has 42 heteroatoms. The molecular formula is C53H51ClN14O20S7. The third-order valence-corrected chi connectivity index (χ3v) is 19.5. The number of carbonyl (C=O) groups is 2. The molecule has 2 heterocycles. The number of imidazole rings is 1. The molecule has 95 heavy (non-hydrogen) atoms. The van der Waals surface area contributed by atoms with Gasteiger partial charge in [0, 0.05) is 41.3 Å². The monoisotopic (exact) mass is 1460 g/mol. The van der Waals surface area contributed by atoms with Crippen molar-refractivity contribution in [3.63, 3.8) is 0 Å². The fourth-order valence-corrected chi connectivity index (χ4v) is 13.9. The molecule has 0 saturated heterocycles. The van der Waals surface area contributed by atoms with Crippen LogP contribution in [0.1, 0.15) is 55.4 Å². The first kappa shape index (κ1) is 73.7. The van der Waals surface area contributed by atoms with Crippen LogP contribution in [-0.4, -0.2) is 134 Å². The summed E-state index contributed by atoms with van der Waals surface area (Å²) in [6.45, 7) is 4.89. The van der Waals surface area contributed by atoms with Gasteiger partial charge in [0.25, 0.3) is 50.6 Å². The van der Waals surface area contributed by atoms with Gasteiger partial charge >= 0.3 is 0 Å². The van der Waals surface area contributed by atoms with Gasteiger partial charge in [-0.2, -0.15) is 57.7 Å². The number of nitrogens with one attached hydrogen (secondary N) is 2. The number of amides is 2. The molecule has 0 atom stereocenters. The smallest absolute Gasteiger partial charge is 0.298 e. The Hall–Kier alpha value is -8.69. The molecule has 0 saturated carbocycles. The number of carbonyl (C=O) groups excluding carboxylic acids is 2. The Balaban J connectivity index is 1.36. The van der Waals surface area contributed by atoms with Gasteiger partial charge in [-0.3, -0.25) is 36.8 Å². The minimum absolute atomic E-state index is 0.00263. The Kier molecular flexibility index (Phi) is 23.6. The van der Waals surface area contributed by atoms with Crippen molar-refractivity contribution in [1.82, 2.24) is 9.38 Å². The van der Waals surface area contributed by atoms with Crippen LogP contribution >= 0.6 is 35.1 Å². The number of hydrogen-bond acceptors (Lipinski definition) is 28. The number of thioether (sulfide) groups is 2. The maximum absolute atomic E-state index is 12.9. The molecular weight excluding hydrogens is 1410 g/mol. The third-order valence-electron chi connectivity index (χ3n) is 12.7. The van der Waals surface area contributed by atoms with Crippen molar-refractivity contribution in [3.05, 3.63) is 87.9 Å². The highest BCUT2D eigenvalue weighted by Gasteiger charge is 2.26. The first-order valence-electron chi connectivity index (χ1n) is 26.7. The van der Waals surface area contributed by atoms with E-state index in [-0.39, 0.29) is 149 Å². The highest BCUT2D eigenvalue weighted by atomic mass is 35.5. The van der Waals surface area contributed by atoms with E-state index in [9.17, 15) is 90.1 Å². The average Bonchev–Trinajstić information content (AvgIpc) is 1.60. The van der Waals surface area contributed by atoms with Gasteiger partial charge in [-0.05, 0) is 98.7 Å². The van der Waals surface area contributed by atoms with Crippen molar-refractivity contribution < 1.29 is 89.0 Å². The van der Waals surface area contributed by atoms with E-state index in [1.807, 2.05) is 6.07 Å². The largest absolute Gasteiger partial charge is 0.495 e. The zero-order valence-corrected chi connectivity index (χ0v) is 56.1. The number of rotatable bonds is 28. The molecule has 34 nitrogen and oxygen atoms in total. The normalized spacial score (nSPS) is 12.6. The summed E-state index contributed by atoms with van der Waals surface area (Å²) >= 11 is 7.95. The molecule has 502 valence electrons. The van der Waals surface area contributed by atoms with Crippen LogP contribution in [0.5, 0.6) is 17.4 Å². The van der Waals surface area contributed by atoms with Crippen LogP contribution < -0.4 is 20.1 Å². The zero-order valence-electron chi connectivity index (χ0n) is 49.6. The maximum Gasteiger partial charge on any atom is 0.298 e. The summed E-state index contributed by atoms with van der Waals surface area (Å²) in [5, 5.41) is 71.0. The van der Waals surface area contributed by atoms with Crippen LogP contribution in [0, 0.1) is 36.5 Å². The van der Waals surface area contributed by atoms with Crippen molar-refractivity contribution in [2.45, 2.75) is 66.5 Å². The number of azo groups is 4. The third kappa shape index (κ3) is 19.7. The van der Waals surface area contributed by atoms with Gasteiger partial charge in [0.2, 0.25) is 17.7 Å². The Labute approximate surface area is 554 Å². The van der Waals surface area contributed by atoms with E-state index in [1.165, 1.54) is 49.4 Å². The van der Waals surface area contributed by atoms with Gasteiger partial charge in [-0.1, -0.05) is 11.6 Å². The average molecular weight is 1460 g/mol. The van der Waals surface area contributed by atoms with E-state index in [0.717, 1.165) is 67.1 Å². The molecule has 0 aliphatic carbocycles. The fourth-order valence-electron chi connectivity index (χ4n) is 8.46. The summed E-state index contributed by atoms with van der Waals surface area (Å²) in [5.41, 5.74) is -1.53. The van der Waals surface area contributed by atoms with Crippen LogP contribution in [0.25, 0.3) is 16.7 Å². The molecule has 0 aliphatic heterocycles. The quantitative estimate of drug-likeness (QED) is 0.00977. The lowest BCUT2D eigenvalue weighted by Crippen LogP contribution is -2.08. The van der Waals surface area contributed by atoms with Gasteiger partial charge in [0.05, 0.1) is 69.7 Å². The number of methoxy groups -OCH3 is 1. The molecule has 0 radical (unpaired) electrons. The number of nitrogens with zero attached hydrogens (tertiary/aromatic N) is 12. The molecule has 2 amide bonds. The summed E-state index contributed by atoms with van der Waals surface area (Å²) in [6.07, 6.45) is -0.495. The first-order valence-corrected chi connectivity index (χ1v) is 36.7. The number of pyridine rings is 1. The van der Waals surface area contributed by atoms with E-state index in [1.54, 1.807) is 13.0 Å². The van der Waals surface area contributed by atoms with Gasteiger partial charge < -0.3 is 25.2 Å². The standard InChI is InChI=1S/C53H51ClN14O20S7/c1-27-15-41(64-67-51-28(2)32(26-56)52-59-40-20-46(87-5)50(95(84,85)86)24-44(40)68(52)53(51)71)45(88-9-6-12-91(72,73)74)19-34(27)60-65-42-17-37(58-30(4)70)39(22-47(42)89-10-7-13-92(75,76)77)63-66-43-18-36(57-29(3)69)38(21-48(43)90-11-8-14-93(78,79)80)62-61-35-23-49(94(81,82)83)33(54)16-31(35)25-55/h15-24,71H,6-14H2,1-5H3,(H,57,69)(H,58,70)(H,72,73,74)(H,75,76,77)(H,78,79,80)(H,81,82,83)(H,84,85,86). The van der Waals surface area contributed by atoms with E-state index >= 15 is 0 Å². The highest BCUT2D eigenvalue weighted by Crippen LogP contribution is 2.46. The van der Waals surface area contributed by atoms with Crippen LogP contribution in [0.2, 0.25) is 5.02 Å². The second-order valence-corrected chi connectivity index (χ2v) is 30.0. The molecule has 0 bridgehead atoms. The molecule has 0 fully saturated rings. The lowest BCUT2D eigenvalue weighted by molar-refractivity contribution is -0.115. The predicted molar refractivity (Wildman–Crippen MR) is 346 cm³/mol. The summed E-state index contributed by atoms with van der Waals surface area (Å²) in [6, 6.07) is 15.5. The first-order chi connectivity index (χ1) is 44.4. The van der Waals surface area contributed by atoms with E-state index < -0.39 is 100 Å². The molecule has 7 rings (SSSR count). The van der Waals surface area contributed by atoms with Crippen LogP contribution in [0.3, 0.4) is 0 Å². The summed E-state index contributed by atoms with van der Waals surface area (Å²) < 4.78 is 179. The number of halogens is 1. The number of aromatic hydroxyl groups is 1. The number of aryl methyl sites for hydroxylation is 1. The van der Waals surface area contributed by atoms with Crippen molar-refractivity contribution in [2.24, 2.45) is 40.9 Å². The number of hydrogen-bond donors (Lipinski definition) is 8. The number of nitriles is 2. The molecule has 7 aromatic rings. The van der Waals surface area contributed by atoms with E-state index in [4.69, 9.17) is 21.1 Å². The summed E-state index contributed by atoms with van der Waals surface area (Å²) in [7, 11) is -22.0. The van der Waals surface area contributed by atoms with Gasteiger partial charge in [-0.25, -0.2) is 4.98 Å². The number of anilines is 2. The number of ether oxygens (including phenoxy) is 2. The predicted octanol–water partition coefficient (Wildman–Crippen LogP) is 11.7. The van der Waals surface area contributed by atoms with E-state index in [2.05, 4.69) is 56.5 Å². The van der Waals surface area contributed by atoms with Crippen molar-refractivity contribution in [1.29, 1.82) is 10.5 Å².